The van der Waals surface area contributed by atoms with Gasteiger partial charge in [0.1, 0.15) is 30.1 Å². The van der Waals surface area contributed by atoms with Gasteiger partial charge in [-0.1, -0.05) is 0 Å². The third kappa shape index (κ3) is 10.0. The van der Waals surface area contributed by atoms with Crippen molar-refractivity contribution in [2.45, 2.75) is 102 Å². The molecule has 3 fully saturated rings. The van der Waals surface area contributed by atoms with Gasteiger partial charge in [-0.3, -0.25) is 48.1 Å². The van der Waals surface area contributed by atoms with Crippen molar-refractivity contribution in [2.24, 2.45) is 0 Å². The van der Waals surface area contributed by atoms with E-state index in [0.717, 1.165) is 84.9 Å². The van der Waals surface area contributed by atoms with Crippen molar-refractivity contribution < 1.29 is 56.8 Å². The summed E-state index contributed by atoms with van der Waals surface area (Å²) in [4.78, 5) is 111. The number of imide groups is 2. The maximum absolute atomic E-state index is 14.3. The predicted molar refractivity (Wildman–Crippen MR) is 287 cm³/mol. The summed E-state index contributed by atoms with van der Waals surface area (Å²) in [5.41, 5.74) is 4.64. The van der Waals surface area contributed by atoms with Crippen LogP contribution in [0.1, 0.15) is 115 Å². The molecule has 9 heterocycles. The zero-order valence-electron chi connectivity index (χ0n) is 45.8. The quantitative estimate of drug-likeness (QED) is 0.0777. The van der Waals surface area contributed by atoms with Gasteiger partial charge in [0.15, 0.2) is 0 Å². The molecule has 21 nitrogen and oxygen atoms in total. The molecule has 5 aliphatic heterocycles. The van der Waals surface area contributed by atoms with Crippen LogP contribution in [0.5, 0.6) is 5.88 Å². The number of hydrogen-bond acceptors (Lipinski definition) is 17. The number of carbonyl (C=O) groups excluding carboxylic acids is 5. The normalized spacial score (nSPS) is 21.5. The summed E-state index contributed by atoms with van der Waals surface area (Å²) in [6, 6.07) is 11.3. The number of phosphoric ester groups is 1. The molecule has 5 amide bonds. The van der Waals surface area contributed by atoms with Crippen LogP contribution in [0, 0.1) is 0 Å². The number of aryl methyl sites for hydroxylation is 1. The molecular formula is C54H61N10O11PS. The van der Waals surface area contributed by atoms with Gasteiger partial charge in [0, 0.05) is 91.9 Å². The van der Waals surface area contributed by atoms with E-state index >= 15 is 0 Å². The summed E-state index contributed by atoms with van der Waals surface area (Å²) in [5, 5.41) is 15.0. The molecule has 0 bridgehead atoms. The lowest BCUT2D eigenvalue weighted by Crippen LogP contribution is -2.57. The van der Waals surface area contributed by atoms with E-state index in [2.05, 4.69) is 36.4 Å². The summed E-state index contributed by atoms with van der Waals surface area (Å²) in [6.45, 7) is 8.58. The highest BCUT2D eigenvalue weighted by molar-refractivity contribution is 7.46. The number of nitrogens with one attached hydrogen (secondary N) is 1. The highest BCUT2D eigenvalue weighted by Crippen LogP contribution is 2.44. The van der Waals surface area contributed by atoms with Crippen molar-refractivity contribution in [1.29, 1.82) is 0 Å². The third-order valence-electron chi connectivity index (χ3n) is 15.8. The molecular weight excluding hydrogens is 1030 g/mol. The van der Waals surface area contributed by atoms with E-state index in [9.17, 15) is 33.6 Å². The average Bonchev–Trinajstić information content (AvgIpc) is 3.96. The molecule has 23 heteroatoms. The summed E-state index contributed by atoms with van der Waals surface area (Å²) in [5.74, 6) is -2.62. The molecule has 0 saturated carbocycles. The SMILES string of the molecule is [2H]C([2H])([2H])Oc1ncc(-c2ccnc(N3CCc4c(sc5c4CCCC5)C3=O)c2C(C)(C)O)cc1Nc1ccc(N2CCN(C3CCN(c4ccc5c(c4)C(=O)N(C4CCC(=O)N(COP(=O)(O)O)C4=O)C5=O)CC3)C[C@@H]2C)cn1. The first-order valence-electron chi connectivity index (χ1n) is 27.4. The highest BCUT2D eigenvalue weighted by Gasteiger charge is 2.48. The van der Waals surface area contributed by atoms with Gasteiger partial charge >= 0.3 is 7.82 Å². The van der Waals surface area contributed by atoms with E-state index in [-0.39, 0.29) is 47.5 Å². The van der Waals surface area contributed by atoms with Crippen molar-refractivity contribution in [3.05, 3.63) is 98.6 Å². The smallest absolute Gasteiger partial charge is 0.471 e. The van der Waals surface area contributed by atoms with E-state index < -0.39 is 56.9 Å². The molecule has 404 valence electrons. The van der Waals surface area contributed by atoms with Crippen LogP contribution in [0.25, 0.3) is 11.1 Å². The largest absolute Gasteiger partial charge is 0.480 e. The van der Waals surface area contributed by atoms with E-state index in [0.29, 0.717) is 65.3 Å². The fraction of sp³-hybridized carbons (Fsp3) is 0.444. The Kier molecular flexibility index (Phi) is 13.0. The van der Waals surface area contributed by atoms with Gasteiger partial charge in [0.2, 0.25) is 11.8 Å². The van der Waals surface area contributed by atoms with Gasteiger partial charge in [-0.05, 0) is 131 Å². The minimum Gasteiger partial charge on any atom is -0.480 e. The Bertz CT molecular complexity index is 3360. The number of amides is 5. The van der Waals surface area contributed by atoms with Crippen molar-refractivity contribution in [1.82, 2.24) is 29.7 Å². The molecule has 4 N–H and O–H groups in total. The molecule has 0 radical (unpaired) electrons. The first-order valence-corrected chi connectivity index (χ1v) is 28.3. The zero-order chi connectivity index (χ0) is 56.6. The highest BCUT2D eigenvalue weighted by atomic mass is 32.1. The van der Waals surface area contributed by atoms with E-state index in [4.69, 9.17) is 28.6 Å². The lowest BCUT2D eigenvalue weighted by Gasteiger charge is -2.46. The minimum absolute atomic E-state index is 0.124. The van der Waals surface area contributed by atoms with Crippen molar-refractivity contribution in [3.8, 4) is 17.0 Å². The fourth-order valence-electron chi connectivity index (χ4n) is 12.0. The Morgan fingerprint density at radius 3 is 2.35 bits per heavy atom. The van der Waals surface area contributed by atoms with Gasteiger partial charge in [-0.15, -0.1) is 11.3 Å². The lowest BCUT2D eigenvalue weighted by atomic mass is 9.89. The fourth-order valence-corrected chi connectivity index (χ4v) is 13.7. The number of thiophene rings is 1. The van der Waals surface area contributed by atoms with Crippen molar-refractivity contribution >= 4 is 77.4 Å². The molecule has 77 heavy (non-hydrogen) atoms. The number of rotatable bonds is 13. The second-order valence-electron chi connectivity index (χ2n) is 21.0. The summed E-state index contributed by atoms with van der Waals surface area (Å²) in [7, 11) is -7.84. The van der Waals surface area contributed by atoms with Gasteiger partial charge in [-0.2, -0.15) is 0 Å². The molecule has 4 aromatic heterocycles. The van der Waals surface area contributed by atoms with Crippen LogP contribution in [-0.2, 0) is 43.5 Å². The maximum atomic E-state index is 14.3. The number of anilines is 5. The van der Waals surface area contributed by atoms with Gasteiger partial charge in [0.05, 0.1) is 44.6 Å². The Balaban J connectivity index is 0.735. The van der Waals surface area contributed by atoms with Crippen LogP contribution in [-0.4, -0.2) is 145 Å². The summed E-state index contributed by atoms with van der Waals surface area (Å²) < 4.78 is 44.8. The Labute approximate surface area is 453 Å². The molecule has 11 rings (SSSR count). The summed E-state index contributed by atoms with van der Waals surface area (Å²) >= 11 is 1.58. The van der Waals surface area contributed by atoms with Gasteiger partial charge in [-0.25, -0.2) is 19.5 Å². The van der Waals surface area contributed by atoms with E-state index in [1.165, 1.54) is 16.6 Å². The predicted octanol–water partition coefficient (Wildman–Crippen LogP) is 6.02. The number of aliphatic hydroxyl groups is 1. The minimum atomic E-state index is -5.02. The molecule has 1 aromatic carbocycles. The molecule has 1 unspecified atom stereocenters. The number of aromatic nitrogens is 3. The van der Waals surface area contributed by atoms with Crippen LogP contribution in [0.3, 0.4) is 0 Å². The third-order valence-corrected chi connectivity index (χ3v) is 17.5. The first-order chi connectivity index (χ1) is 38.0. The number of methoxy groups -OCH3 is 1. The van der Waals surface area contributed by atoms with E-state index in [1.54, 1.807) is 78.9 Å². The van der Waals surface area contributed by atoms with Crippen molar-refractivity contribution in [3.63, 3.8) is 0 Å². The van der Waals surface area contributed by atoms with Crippen LogP contribution in [0.4, 0.5) is 28.7 Å². The zero-order valence-corrected chi connectivity index (χ0v) is 44.5. The number of pyridine rings is 3. The number of piperazine rings is 1. The van der Waals surface area contributed by atoms with Gasteiger partial charge in [0.25, 0.3) is 23.6 Å². The molecule has 6 aliphatic rings. The maximum Gasteiger partial charge on any atom is 0.471 e. The van der Waals surface area contributed by atoms with Crippen LogP contribution >= 0.6 is 19.2 Å². The molecule has 0 spiro atoms. The molecule has 2 atom stereocenters. The molecule has 1 aliphatic carbocycles. The number of hydrogen-bond donors (Lipinski definition) is 4. The molecule has 5 aromatic rings. The van der Waals surface area contributed by atoms with Crippen LogP contribution < -0.4 is 24.8 Å². The van der Waals surface area contributed by atoms with Gasteiger partial charge < -0.3 is 34.7 Å². The average molecular weight is 1090 g/mol. The Morgan fingerprint density at radius 2 is 1.61 bits per heavy atom. The number of nitrogens with zero attached hydrogens (tertiary/aromatic N) is 9. The topological polar surface area (TPSA) is 252 Å². The second kappa shape index (κ2) is 20.6. The van der Waals surface area contributed by atoms with E-state index in [1.807, 2.05) is 6.07 Å². The monoisotopic (exact) mass is 1090 g/mol. The second-order valence-corrected chi connectivity index (χ2v) is 23.3. The summed E-state index contributed by atoms with van der Waals surface area (Å²) in [6.07, 6.45) is 11.1. The van der Waals surface area contributed by atoms with Crippen molar-refractivity contribution in [2.75, 3.05) is 73.1 Å². The Morgan fingerprint density at radius 1 is 0.831 bits per heavy atom. The number of ether oxygens (including phenoxy) is 1. The standard InChI is InChI=1S/C54H61N10O11PS/c1-31-29-60(33-16-20-59(21-17-33)34-9-11-39-40(26-34)51(67)64(50(39)66)42-12-14-45(65)63(52(42)68)30-75-76(71,72)73)23-24-61(31)35-10-13-44(56-28-35)58-41-25-32(27-57-49(41)74-4)36-15-19-55-48(46(36)54(2,3)70)62-22-18-38-37-7-5-6-8-43(37)77-47(38)53(62)69/h9-11,13,15,19,25-28,31,33,42,70H,5-8,12,14,16-18,20-24,29-30H2,1-4H3,(H,56,58)(H2,71,72,73)/t31-,42?/m0/s1/i4D3. The molecule has 3 saturated heterocycles. The number of likely N-dealkylation sites (tertiary alicyclic amines) is 1. The van der Waals surface area contributed by atoms with Crippen LogP contribution in [0.2, 0.25) is 0 Å². The number of phosphoric acid groups is 1. The van der Waals surface area contributed by atoms with Crippen LogP contribution in [0.15, 0.2) is 61.1 Å². The number of piperidine rings is 2. The first kappa shape index (κ1) is 48.7. The Hall–Kier alpha value is -6.65. The number of fused-ring (bicyclic) bond motifs is 4. The number of benzene rings is 1. The lowest BCUT2D eigenvalue weighted by molar-refractivity contribution is -0.155. The number of carbonyl (C=O) groups is 5.